The van der Waals surface area contributed by atoms with Crippen LogP contribution in [-0.2, 0) is 11.2 Å². The molecule has 5 nitrogen and oxygen atoms in total. The van der Waals surface area contributed by atoms with Crippen molar-refractivity contribution in [2.75, 3.05) is 0 Å². The van der Waals surface area contributed by atoms with Crippen molar-refractivity contribution in [1.29, 1.82) is 0 Å². The van der Waals surface area contributed by atoms with Crippen molar-refractivity contribution in [3.8, 4) is 0 Å². The summed E-state index contributed by atoms with van der Waals surface area (Å²) in [6.07, 6.45) is 0.428. The molecule has 1 aromatic rings. The van der Waals surface area contributed by atoms with Crippen molar-refractivity contribution in [2.45, 2.75) is 33.2 Å². The van der Waals surface area contributed by atoms with Gasteiger partial charge in [0.15, 0.2) is 0 Å². The zero-order valence-corrected chi connectivity index (χ0v) is 9.16. The third-order valence-electron chi connectivity index (χ3n) is 1.96. The number of H-pyrrole nitrogens is 1. The molecule has 15 heavy (non-hydrogen) atoms. The normalized spacial score (nSPS) is 12.8. The molecule has 1 atom stereocenters. The van der Waals surface area contributed by atoms with Crippen molar-refractivity contribution in [3.05, 3.63) is 22.2 Å². The van der Waals surface area contributed by atoms with Crippen LogP contribution >= 0.6 is 0 Å². The van der Waals surface area contributed by atoms with Crippen LogP contribution in [0.1, 0.15) is 26.5 Å². The minimum atomic E-state index is -0.276. The Morgan fingerprint density at radius 1 is 1.53 bits per heavy atom. The number of aromatic amines is 1. The van der Waals surface area contributed by atoms with E-state index in [0.29, 0.717) is 12.2 Å². The van der Waals surface area contributed by atoms with Crippen LogP contribution in [0.3, 0.4) is 0 Å². The standard InChI is InChI=1S/C10H16N2O3/c1-6(2)11-10(14)7(3)4-8-5-9(13)12-15-8/h5-7H,4H2,1-3H3,(H,11,14)(H,12,13). The molecular formula is C10H16N2O3. The van der Waals surface area contributed by atoms with Crippen LogP contribution in [-0.4, -0.2) is 17.1 Å². The zero-order chi connectivity index (χ0) is 11.4. The van der Waals surface area contributed by atoms with Crippen molar-refractivity contribution in [1.82, 2.24) is 10.5 Å². The first-order valence-corrected chi connectivity index (χ1v) is 4.97. The number of rotatable bonds is 4. The number of carbonyl (C=O) groups is 1. The van der Waals surface area contributed by atoms with Crippen molar-refractivity contribution < 1.29 is 9.32 Å². The second-order valence-corrected chi connectivity index (χ2v) is 3.95. The van der Waals surface area contributed by atoms with E-state index in [1.54, 1.807) is 6.92 Å². The Kier molecular flexibility index (Phi) is 3.71. The second-order valence-electron chi connectivity index (χ2n) is 3.95. The van der Waals surface area contributed by atoms with Gasteiger partial charge in [-0.15, -0.1) is 0 Å². The maximum atomic E-state index is 11.5. The van der Waals surface area contributed by atoms with Crippen LogP contribution < -0.4 is 10.9 Å². The van der Waals surface area contributed by atoms with E-state index >= 15 is 0 Å². The molecule has 1 amide bonds. The SMILES string of the molecule is CC(C)NC(=O)C(C)Cc1cc(=O)[nH]o1. The largest absolute Gasteiger partial charge is 0.384 e. The third-order valence-corrected chi connectivity index (χ3v) is 1.96. The van der Waals surface area contributed by atoms with Crippen molar-refractivity contribution >= 4 is 5.91 Å². The van der Waals surface area contributed by atoms with Gasteiger partial charge in [-0.25, -0.2) is 0 Å². The van der Waals surface area contributed by atoms with Gasteiger partial charge < -0.3 is 9.84 Å². The van der Waals surface area contributed by atoms with Gasteiger partial charge in [0.25, 0.3) is 5.56 Å². The molecule has 0 fully saturated rings. The average Bonchev–Trinajstić information content (AvgIpc) is 2.50. The van der Waals surface area contributed by atoms with Crippen molar-refractivity contribution in [3.63, 3.8) is 0 Å². The highest BCUT2D eigenvalue weighted by atomic mass is 16.5. The molecule has 0 bridgehead atoms. The molecule has 0 saturated heterocycles. The average molecular weight is 212 g/mol. The lowest BCUT2D eigenvalue weighted by Gasteiger charge is -2.12. The number of amides is 1. The Balaban J connectivity index is 2.51. The Morgan fingerprint density at radius 2 is 2.20 bits per heavy atom. The van der Waals surface area contributed by atoms with Crippen molar-refractivity contribution in [2.24, 2.45) is 5.92 Å². The highest BCUT2D eigenvalue weighted by Crippen LogP contribution is 2.06. The molecule has 2 N–H and O–H groups in total. The summed E-state index contributed by atoms with van der Waals surface area (Å²) in [6.45, 7) is 5.60. The number of hydrogen-bond acceptors (Lipinski definition) is 3. The Labute approximate surface area is 87.8 Å². The van der Waals surface area contributed by atoms with Crippen LogP contribution in [0.25, 0.3) is 0 Å². The monoisotopic (exact) mass is 212 g/mol. The fourth-order valence-electron chi connectivity index (χ4n) is 1.24. The lowest BCUT2D eigenvalue weighted by Crippen LogP contribution is -2.35. The highest BCUT2D eigenvalue weighted by molar-refractivity contribution is 5.78. The summed E-state index contributed by atoms with van der Waals surface area (Å²) >= 11 is 0. The van der Waals surface area contributed by atoms with E-state index in [1.807, 2.05) is 13.8 Å². The number of hydrogen-bond donors (Lipinski definition) is 2. The molecule has 84 valence electrons. The quantitative estimate of drug-likeness (QED) is 0.770. The zero-order valence-electron chi connectivity index (χ0n) is 9.16. The maximum absolute atomic E-state index is 11.5. The minimum Gasteiger partial charge on any atom is -0.384 e. The van der Waals surface area contributed by atoms with Gasteiger partial charge in [0.1, 0.15) is 5.76 Å². The first-order chi connectivity index (χ1) is 6.99. The molecule has 0 aliphatic carbocycles. The molecule has 0 radical (unpaired) electrons. The first kappa shape index (κ1) is 11.6. The van der Waals surface area contributed by atoms with E-state index in [2.05, 4.69) is 10.5 Å². The van der Waals surface area contributed by atoms with Crippen LogP contribution in [0.5, 0.6) is 0 Å². The molecule has 1 unspecified atom stereocenters. The topological polar surface area (TPSA) is 75.1 Å². The summed E-state index contributed by atoms with van der Waals surface area (Å²) in [6, 6.07) is 1.48. The third kappa shape index (κ3) is 3.61. The number of nitrogens with one attached hydrogen (secondary N) is 2. The fraction of sp³-hybridized carbons (Fsp3) is 0.600. The maximum Gasteiger partial charge on any atom is 0.280 e. The van der Waals surface area contributed by atoms with Crippen LogP contribution in [0.15, 0.2) is 15.4 Å². The van der Waals surface area contributed by atoms with E-state index in [1.165, 1.54) is 6.07 Å². The summed E-state index contributed by atoms with van der Waals surface area (Å²) in [5.41, 5.74) is -0.276. The predicted octanol–water partition coefficient (Wildman–Crippen LogP) is 0.671. The Hall–Kier alpha value is -1.52. The van der Waals surface area contributed by atoms with Crippen LogP contribution in [0.4, 0.5) is 0 Å². The highest BCUT2D eigenvalue weighted by Gasteiger charge is 2.16. The lowest BCUT2D eigenvalue weighted by molar-refractivity contribution is -0.125. The van der Waals surface area contributed by atoms with E-state index in [4.69, 9.17) is 4.52 Å². The summed E-state index contributed by atoms with van der Waals surface area (Å²) in [7, 11) is 0. The summed E-state index contributed by atoms with van der Waals surface area (Å²) in [5.74, 6) is 0.270. The molecule has 1 aromatic heterocycles. The Morgan fingerprint density at radius 3 is 2.67 bits per heavy atom. The smallest absolute Gasteiger partial charge is 0.280 e. The van der Waals surface area contributed by atoms with E-state index < -0.39 is 0 Å². The van der Waals surface area contributed by atoms with Gasteiger partial charge in [-0.3, -0.25) is 9.59 Å². The number of aromatic nitrogens is 1. The number of carbonyl (C=O) groups excluding carboxylic acids is 1. The first-order valence-electron chi connectivity index (χ1n) is 4.97. The van der Waals surface area contributed by atoms with Gasteiger partial charge in [0, 0.05) is 24.4 Å². The lowest BCUT2D eigenvalue weighted by atomic mass is 10.1. The molecule has 1 heterocycles. The van der Waals surface area contributed by atoms with E-state index in [-0.39, 0.29) is 23.4 Å². The molecule has 0 aliphatic rings. The van der Waals surface area contributed by atoms with Crippen LogP contribution in [0.2, 0.25) is 0 Å². The molecule has 0 spiro atoms. The molecule has 0 aliphatic heterocycles. The summed E-state index contributed by atoms with van der Waals surface area (Å²) in [4.78, 5) is 22.3. The van der Waals surface area contributed by atoms with Gasteiger partial charge in [0.05, 0.1) is 0 Å². The summed E-state index contributed by atoms with van der Waals surface area (Å²) < 4.78 is 4.87. The van der Waals surface area contributed by atoms with Gasteiger partial charge in [0.2, 0.25) is 5.91 Å². The van der Waals surface area contributed by atoms with Gasteiger partial charge in [-0.05, 0) is 13.8 Å². The molecular weight excluding hydrogens is 196 g/mol. The Bertz CT molecular complexity index is 378. The minimum absolute atomic E-state index is 0.0335. The van der Waals surface area contributed by atoms with Crippen LogP contribution in [0, 0.1) is 5.92 Å². The fourth-order valence-corrected chi connectivity index (χ4v) is 1.24. The van der Waals surface area contributed by atoms with Gasteiger partial charge in [-0.1, -0.05) is 6.92 Å². The molecule has 1 rings (SSSR count). The second kappa shape index (κ2) is 4.82. The predicted molar refractivity (Wildman–Crippen MR) is 55.5 cm³/mol. The molecule has 5 heteroatoms. The molecule has 0 aromatic carbocycles. The summed E-state index contributed by atoms with van der Waals surface area (Å²) in [5, 5.41) is 4.99. The van der Waals surface area contributed by atoms with E-state index in [9.17, 15) is 9.59 Å². The molecule has 0 saturated carbocycles. The van der Waals surface area contributed by atoms with E-state index in [0.717, 1.165) is 0 Å². The van der Waals surface area contributed by atoms with Gasteiger partial charge in [-0.2, -0.15) is 5.16 Å². The van der Waals surface area contributed by atoms with Gasteiger partial charge >= 0.3 is 0 Å².